The molecule has 1 aromatic carbocycles. The summed E-state index contributed by atoms with van der Waals surface area (Å²) in [6.45, 7) is 2.05. The molecule has 2 fully saturated rings. The normalized spacial score (nSPS) is 21.6. The number of hydrogen-bond acceptors (Lipinski definition) is 4. The Morgan fingerprint density at radius 2 is 1.83 bits per heavy atom. The fourth-order valence-corrected chi connectivity index (χ4v) is 4.77. The van der Waals surface area contributed by atoms with Gasteiger partial charge in [0.25, 0.3) is 11.8 Å². The molecule has 156 valence electrons. The molecule has 4 rings (SSSR count). The lowest BCUT2D eigenvalue weighted by molar-refractivity contribution is -0.139. The van der Waals surface area contributed by atoms with Crippen molar-refractivity contribution in [3.8, 4) is 0 Å². The first-order chi connectivity index (χ1) is 14.0. The molecule has 3 aliphatic rings. The van der Waals surface area contributed by atoms with Crippen molar-refractivity contribution in [1.29, 1.82) is 0 Å². The van der Waals surface area contributed by atoms with Crippen LogP contribution in [0.25, 0.3) is 0 Å². The summed E-state index contributed by atoms with van der Waals surface area (Å²) in [5, 5.41) is 6.85. The molecular weight excluding hydrogens is 368 g/mol. The summed E-state index contributed by atoms with van der Waals surface area (Å²) in [4.78, 5) is 37.4. The van der Waals surface area contributed by atoms with Crippen LogP contribution in [-0.4, -0.2) is 34.9 Å². The molecule has 7 heteroatoms. The maximum Gasteiger partial charge on any atom is 0.344 e. The fraction of sp³-hybridized carbons (Fsp3) is 0.591. The van der Waals surface area contributed by atoms with Crippen molar-refractivity contribution in [3.63, 3.8) is 0 Å². The monoisotopic (exact) mass is 398 g/mol. The van der Waals surface area contributed by atoms with E-state index >= 15 is 0 Å². The van der Waals surface area contributed by atoms with Gasteiger partial charge in [-0.2, -0.15) is 5.01 Å². The van der Waals surface area contributed by atoms with Gasteiger partial charge in [0.15, 0.2) is 0 Å². The van der Waals surface area contributed by atoms with Crippen LogP contribution in [0.3, 0.4) is 0 Å². The van der Waals surface area contributed by atoms with Crippen molar-refractivity contribution < 1.29 is 14.4 Å². The maximum atomic E-state index is 12.7. The van der Waals surface area contributed by atoms with Gasteiger partial charge in [-0.15, -0.1) is 0 Å². The fourth-order valence-electron chi connectivity index (χ4n) is 4.77. The third-order valence-electron chi connectivity index (χ3n) is 6.55. The van der Waals surface area contributed by atoms with Crippen molar-refractivity contribution in [2.75, 3.05) is 6.54 Å². The first-order valence-corrected chi connectivity index (χ1v) is 10.8. The van der Waals surface area contributed by atoms with Gasteiger partial charge < -0.3 is 10.6 Å². The number of hydrogen-bond donors (Lipinski definition) is 3. The second kappa shape index (κ2) is 8.14. The summed E-state index contributed by atoms with van der Waals surface area (Å²) in [6, 6.07) is 6.01. The largest absolute Gasteiger partial charge is 0.344 e. The quantitative estimate of drug-likeness (QED) is 0.665. The van der Waals surface area contributed by atoms with Crippen LogP contribution < -0.4 is 16.1 Å². The molecule has 1 unspecified atom stereocenters. The van der Waals surface area contributed by atoms with E-state index in [0.29, 0.717) is 12.8 Å². The third kappa shape index (κ3) is 4.01. The minimum atomic E-state index is -0.827. The highest BCUT2D eigenvalue weighted by Crippen LogP contribution is 2.33. The van der Waals surface area contributed by atoms with E-state index in [1.807, 2.05) is 6.92 Å². The summed E-state index contributed by atoms with van der Waals surface area (Å²) in [7, 11) is 0. The lowest BCUT2D eigenvalue weighted by Gasteiger charge is -2.30. The van der Waals surface area contributed by atoms with E-state index < -0.39 is 17.5 Å². The van der Waals surface area contributed by atoms with Gasteiger partial charge in [0, 0.05) is 6.04 Å². The molecule has 1 atom stereocenters. The number of aryl methyl sites for hydroxylation is 2. The number of nitrogens with one attached hydrogen (secondary N) is 3. The molecule has 1 saturated heterocycles. The standard InChI is InChI=1S/C22H30N4O3/c1-15(17-10-9-16-7-3-4-8-18(16)13-17)23-14-19(27)25-26-20(28)22(24-21(26)29)11-5-2-6-12-22/h9-10,13,15,23H,2-8,11-12,14H2,1H3,(H,24,29)(H,25,27). The van der Waals surface area contributed by atoms with Crippen LogP contribution in [-0.2, 0) is 22.4 Å². The second-order valence-electron chi connectivity index (χ2n) is 8.59. The molecule has 1 aromatic rings. The van der Waals surface area contributed by atoms with E-state index in [4.69, 9.17) is 0 Å². The molecule has 1 saturated carbocycles. The number of rotatable bonds is 5. The van der Waals surface area contributed by atoms with Gasteiger partial charge in [-0.3, -0.25) is 15.0 Å². The Bertz CT molecular complexity index is 816. The molecule has 1 heterocycles. The van der Waals surface area contributed by atoms with Crippen LogP contribution in [0.1, 0.15) is 74.6 Å². The summed E-state index contributed by atoms with van der Waals surface area (Å²) >= 11 is 0. The zero-order valence-electron chi connectivity index (χ0n) is 17.1. The van der Waals surface area contributed by atoms with Crippen molar-refractivity contribution >= 4 is 17.8 Å². The number of imide groups is 1. The average molecular weight is 399 g/mol. The molecule has 3 N–H and O–H groups in total. The van der Waals surface area contributed by atoms with Crippen molar-refractivity contribution in [2.45, 2.75) is 76.3 Å². The van der Waals surface area contributed by atoms with Crippen LogP contribution in [0.2, 0.25) is 0 Å². The first kappa shape index (κ1) is 19.9. The van der Waals surface area contributed by atoms with Crippen molar-refractivity contribution in [1.82, 2.24) is 21.1 Å². The van der Waals surface area contributed by atoms with Gasteiger partial charge in [0.2, 0.25) is 0 Å². The van der Waals surface area contributed by atoms with Crippen LogP contribution >= 0.6 is 0 Å². The number of carbonyl (C=O) groups is 3. The van der Waals surface area contributed by atoms with Gasteiger partial charge in [-0.1, -0.05) is 37.5 Å². The average Bonchev–Trinajstić information content (AvgIpc) is 2.96. The molecule has 0 radical (unpaired) electrons. The Hall–Kier alpha value is -2.41. The van der Waals surface area contributed by atoms with Crippen LogP contribution in [0, 0.1) is 0 Å². The molecule has 1 spiro atoms. The molecule has 0 aromatic heterocycles. The zero-order valence-corrected chi connectivity index (χ0v) is 17.1. The predicted octanol–water partition coefficient (Wildman–Crippen LogP) is 2.50. The molecule has 2 aliphatic carbocycles. The van der Waals surface area contributed by atoms with E-state index in [1.54, 1.807) is 0 Å². The first-order valence-electron chi connectivity index (χ1n) is 10.8. The van der Waals surface area contributed by atoms with Gasteiger partial charge >= 0.3 is 6.03 Å². The van der Waals surface area contributed by atoms with E-state index in [-0.39, 0.29) is 18.5 Å². The Morgan fingerprint density at radius 3 is 2.59 bits per heavy atom. The number of hydrazine groups is 1. The number of benzene rings is 1. The van der Waals surface area contributed by atoms with E-state index in [9.17, 15) is 14.4 Å². The highest BCUT2D eigenvalue weighted by atomic mass is 16.2. The molecule has 0 bridgehead atoms. The summed E-state index contributed by atoms with van der Waals surface area (Å²) in [5.74, 6) is -0.732. The minimum Gasteiger partial charge on any atom is -0.322 e. The lowest BCUT2D eigenvalue weighted by atomic mass is 9.82. The van der Waals surface area contributed by atoms with Gasteiger partial charge in [0.05, 0.1) is 6.54 Å². The van der Waals surface area contributed by atoms with Crippen LogP contribution in [0.4, 0.5) is 4.79 Å². The van der Waals surface area contributed by atoms with Crippen molar-refractivity contribution in [2.24, 2.45) is 0 Å². The highest BCUT2D eigenvalue weighted by Gasteiger charge is 2.52. The summed E-state index contributed by atoms with van der Waals surface area (Å²) < 4.78 is 0. The molecular formula is C22H30N4O3. The Morgan fingerprint density at radius 1 is 1.10 bits per heavy atom. The molecule has 29 heavy (non-hydrogen) atoms. The van der Waals surface area contributed by atoms with Crippen LogP contribution in [0.5, 0.6) is 0 Å². The van der Waals surface area contributed by atoms with Crippen molar-refractivity contribution in [3.05, 3.63) is 34.9 Å². The highest BCUT2D eigenvalue weighted by molar-refractivity contribution is 6.08. The van der Waals surface area contributed by atoms with Crippen LogP contribution in [0.15, 0.2) is 18.2 Å². The Labute approximate surface area is 171 Å². The SMILES string of the molecule is CC(NCC(=O)NN1C(=O)NC2(CCCCC2)C1=O)c1ccc2c(c1)CCCC2. The minimum absolute atomic E-state index is 0.000712. The number of carbonyl (C=O) groups excluding carboxylic acids is 3. The number of amides is 4. The summed E-state index contributed by atoms with van der Waals surface area (Å²) in [5.41, 5.74) is 5.64. The second-order valence-corrected chi connectivity index (χ2v) is 8.59. The topological polar surface area (TPSA) is 90.5 Å². The number of urea groups is 1. The molecule has 7 nitrogen and oxygen atoms in total. The smallest absolute Gasteiger partial charge is 0.322 e. The van der Waals surface area contributed by atoms with E-state index in [2.05, 4.69) is 34.3 Å². The number of nitrogens with zero attached hydrogens (tertiary/aromatic N) is 1. The Kier molecular flexibility index (Phi) is 5.58. The van der Waals surface area contributed by atoms with Gasteiger partial charge in [-0.05, 0) is 62.1 Å². The zero-order chi connectivity index (χ0) is 20.4. The lowest BCUT2D eigenvalue weighted by Crippen LogP contribution is -2.52. The van der Waals surface area contributed by atoms with E-state index in [1.165, 1.54) is 24.0 Å². The van der Waals surface area contributed by atoms with Gasteiger partial charge in [0.1, 0.15) is 5.54 Å². The maximum absolute atomic E-state index is 12.7. The summed E-state index contributed by atoms with van der Waals surface area (Å²) in [6.07, 6.45) is 8.91. The molecule has 1 aliphatic heterocycles. The van der Waals surface area contributed by atoms with Gasteiger partial charge in [-0.25, -0.2) is 4.79 Å². The van der Waals surface area contributed by atoms with E-state index in [0.717, 1.165) is 42.7 Å². The third-order valence-corrected chi connectivity index (χ3v) is 6.55. The molecule has 4 amide bonds. The Balaban J connectivity index is 1.32. The number of fused-ring (bicyclic) bond motifs is 1. The predicted molar refractivity (Wildman–Crippen MR) is 109 cm³/mol.